The fraction of sp³-hybridized carbons (Fsp3) is 0.538. The van der Waals surface area contributed by atoms with Crippen molar-refractivity contribution in [2.24, 2.45) is 0 Å². The van der Waals surface area contributed by atoms with Crippen LogP contribution in [-0.2, 0) is 9.53 Å². The highest BCUT2D eigenvalue weighted by molar-refractivity contribution is 5.77. The Morgan fingerprint density at radius 1 is 1.39 bits per heavy atom. The van der Waals surface area contributed by atoms with Crippen LogP contribution in [0.1, 0.15) is 11.6 Å². The Morgan fingerprint density at radius 2 is 2.11 bits per heavy atom. The molecule has 1 atom stereocenters. The van der Waals surface area contributed by atoms with Crippen LogP contribution in [0.15, 0.2) is 24.5 Å². The largest absolute Gasteiger partial charge is 0.468 e. The molecule has 0 aliphatic carbocycles. The maximum Gasteiger partial charge on any atom is 0.327 e. The van der Waals surface area contributed by atoms with Crippen molar-refractivity contribution in [1.29, 1.82) is 0 Å². The molecule has 0 bridgehead atoms. The number of likely N-dealkylation sites (N-methyl/N-ethyl adjacent to an activating group) is 1. The van der Waals surface area contributed by atoms with Crippen LogP contribution >= 0.6 is 0 Å². The third-order valence-electron chi connectivity index (χ3n) is 3.33. The number of rotatable bonds is 3. The normalized spacial score (nSPS) is 19.4. The minimum atomic E-state index is -0.336. The van der Waals surface area contributed by atoms with Gasteiger partial charge in [-0.25, -0.2) is 4.79 Å². The molecule has 18 heavy (non-hydrogen) atoms. The van der Waals surface area contributed by atoms with Gasteiger partial charge in [-0.15, -0.1) is 0 Å². The van der Waals surface area contributed by atoms with Crippen molar-refractivity contribution in [2.75, 3.05) is 40.3 Å². The zero-order valence-electron chi connectivity index (χ0n) is 10.9. The highest BCUT2D eigenvalue weighted by Crippen LogP contribution is 2.22. The second-order valence-electron chi connectivity index (χ2n) is 4.55. The molecule has 0 amide bonds. The van der Waals surface area contributed by atoms with E-state index in [1.165, 1.54) is 7.11 Å². The number of esters is 1. The van der Waals surface area contributed by atoms with Gasteiger partial charge >= 0.3 is 5.97 Å². The second-order valence-corrected chi connectivity index (χ2v) is 4.55. The summed E-state index contributed by atoms with van der Waals surface area (Å²) in [6.45, 7) is 3.66. The number of piperazine rings is 1. The lowest BCUT2D eigenvalue weighted by atomic mass is 10.1. The van der Waals surface area contributed by atoms with Crippen LogP contribution in [0.25, 0.3) is 0 Å². The summed E-state index contributed by atoms with van der Waals surface area (Å²) in [6, 6.07) is 3.44. The van der Waals surface area contributed by atoms with E-state index in [1.54, 1.807) is 12.4 Å². The van der Waals surface area contributed by atoms with E-state index >= 15 is 0 Å². The Bertz CT molecular complexity index is 388. The fourth-order valence-electron chi connectivity index (χ4n) is 2.23. The number of aromatic nitrogens is 1. The zero-order chi connectivity index (χ0) is 13.0. The first-order valence-electron chi connectivity index (χ1n) is 6.12. The van der Waals surface area contributed by atoms with Crippen molar-refractivity contribution in [3.05, 3.63) is 30.1 Å². The standard InChI is InChI=1S/C13H19N3O2/c1-15-6-8-16(9-7-15)12(13(17)18-2)11-4-3-5-14-10-11/h3-5,10,12H,6-9H2,1-2H3. The average Bonchev–Trinajstić information content (AvgIpc) is 2.42. The van der Waals surface area contributed by atoms with Crippen LogP contribution in [0.4, 0.5) is 0 Å². The van der Waals surface area contributed by atoms with Gasteiger partial charge in [0.15, 0.2) is 0 Å². The number of ether oxygens (including phenoxy) is 1. The quantitative estimate of drug-likeness (QED) is 0.732. The molecule has 0 spiro atoms. The number of carbonyl (C=O) groups is 1. The minimum Gasteiger partial charge on any atom is -0.468 e. The highest BCUT2D eigenvalue weighted by atomic mass is 16.5. The van der Waals surface area contributed by atoms with Gasteiger partial charge in [0.05, 0.1) is 7.11 Å². The summed E-state index contributed by atoms with van der Waals surface area (Å²) in [5.41, 5.74) is 0.897. The molecular weight excluding hydrogens is 230 g/mol. The van der Waals surface area contributed by atoms with Crippen LogP contribution in [0, 0.1) is 0 Å². The molecule has 1 aromatic rings. The molecule has 0 saturated carbocycles. The average molecular weight is 249 g/mol. The van der Waals surface area contributed by atoms with E-state index in [2.05, 4.69) is 21.8 Å². The van der Waals surface area contributed by atoms with E-state index in [-0.39, 0.29) is 12.0 Å². The molecule has 5 nitrogen and oxygen atoms in total. The van der Waals surface area contributed by atoms with Gasteiger partial charge in [-0.1, -0.05) is 6.07 Å². The topological polar surface area (TPSA) is 45.7 Å². The predicted octanol–water partition coefficient (Wildman–Crippen LogP) is 0.543. The van der Waals surface area contributed by atoms with Crippen LogP contribution in [-0.4, -0.2) is 61.1 Å². The summed E-state index contributed by atoms with van der Waals surface area (Å²) in [5, 5.41) is 0. The third kappa shape index (κ3) is 2.86. The number of carbonyl (C=O) groups excluding carboxylic acids is 1. The lowest BCUT2D eigenvalue weighted by Crippen LogP contribution is -2.48. The van der Waals surface area contributed by atoms with E-state index in [9.17, 15) is 4.79 Å². The van der Waals surface area contributed by atoms with Gasteiger partial charge in [-0.3, -0.25) is 9.88 Å². The Kier molecular flexibility index (Phi) is 4.28. The van der Waals surface area contributed by atoms with Gasteiger partial charge < -0.3 is 9.64 Å². The van der Waals surface area contributed by atoms with Crippen molar-refractivity contribution >= 4 is 5.97 Å². The predicted molar refractivity (Wildman–Crippen MR) is 68.1 cm³/mol. The number of pyridine rings is 1. The Morgan fingerprint density at radius 3 is 2.67 bits per heavy atom. The maximum atomic E-state index is 12.0. The van der Waals surface area contributed by atoms with E-state index in [0.29, 0.717) is 0 Å². The van der Waals surface area contributed by atoms with Gasteiger partial charge in [-0.05, 0) is 18.7 Å². The van der Waals surface area contributed by atoms with E-state index in [0.717, 1.165) is 31.7 Å². The van der Waals surface area contributed by atoms with Crippen LogP contribution < -0.4 is 0 Å². The number of methoxy groups -OCH3 is 1. The molecular formula is C13H19N3O2. The molecule has 1 aliphatic heterocycles. The molecule has 2 rings (SSSR count). The molecule has 1 saturated heterocycles. The monoisotopic (exact) mass is 249 g/mol. The second kappa shape index (κ2) is 5.93. The van der Waals surface area contributed by atoms with Gasteiger partial charge in [0, 0.05) is 38.6 Å². The van der Waals surface area contributed by atoms with Crippen molar-refractivity contribution < 1.29 is 9.53 Å². The van der Waals surface area contributed by atoms with Gasteiger partial charge in [0.1, 0.15) is 6.04 Å². The summed E-state index contributed by atoms with van der Waals surface area (Å²) in [7, 11) is 3.52. The first-order valence-corrected chi connectivity index (χ1v) is 6.12. The molecule has 5 heteroatoms. The van der Waals surface area contributed by atoms with Crippen LogP contribution in [0.3, 0.4) is 0 Å². The molecule has 1 aliphatic rings. The van der Waals surface area contributed by atoms with Gasteiger partial charge in [-0.2, -0.15) is 0 Å². The minimum absolute atomic E-state index is 0.215. The smallest absolute Gasteiger partial charge is 0.327 e. The van der Waals surface area contributed by atoms with E-state index < -0.39 is 0 Å². The highest BCUT2D eigenvalue weighted by Gasteiger charge is 2.30. The number of hydrogen-bond acceptors (Lipinski definition) is 5. The van der Waals surface area contributed by atoms with Gasteiger partial charge in [0.25, 0.3) is 0 Å². The van der Waals surface area contributed by atoms with Gasteiger partial charge in [0.2, 0.25) is 0 Å². The lowest BCUT2D eigenvalue weighted by Gasteiger charge is -2.36. The third-order valence-corrected chi connectivity index (χ3v) is 3.33. The summed E-state index contributed by atoms with van der Waals surface area (Å²) in [6.07, 6.45) is 3.45. The maximum absolute atomic E-state index is 12.0. The first kappa shape index (κ1) is 13.0. The molecule has 0 radical (unpaired) electrons. The van der Waals surface area contributed by atoms with Crippen molar-refractivity contribution in [1.82, 2.24) is 14.8 Å². The molecule has 0 N–H and O–H groups in total. The summed E-state index contributed by atoms with van der Waals surface area (Å²) in [5.74, 6) is -0.215. The number of hydrogen-bond donors (Lipinski definition) is 0. The first-order chi connectivity index (χ1) is 8.72. The Hall–Kier alpha value is -1.46. The molecule has 1 fully saturated rings. The van der Waals surface area contributed by atoms with Crippen LogP contribution in [0.2, 0.25) is 0 Å². The Balaban J connectivity index is 2.18. The lowest BCUT2D eigenvalue weighted by molar-refractivity contribution is -0.148. The van der Waals surface area contributed by atoms with Crippen molar-refractivity contribution in [2.45, 2.75) is 6.04 Å². The molecule has 1 unspecified atom stereocenters. The summed E-state index contributed by atoms with van der Waals surface area (Å²) < 4.78 is 4.92. The SMILES string of the molecule is COC(=O)C(c1cccnc1)N1CCN(C)CC1. The molecule has 1 aromatic heterocycles. The van der Waals surface area contributed by atoms with Crippen molar-refractivity contribution in [3.63, 3.8) is 0 Å². The van der Waals surface area contributed by atoms with Crippen molar-refractivity contribution in [3.8, 4) is 0 Å². The summed E-state index contributed by atoms with van der Waals surface area (Å²) >= 11 is 0. The fourth-order valence-corrected chi connectivity index (χ4v) is 2.23. The molecule has 0 aromatic carbocycles. The molecule has 2 heterocycles. The van der Waals surface area contributed by atoms with E-state index in [1.807, 2.05) is 12.1 Å². The zero-order valence-corrected chi connectivity index (χ0v) is 10.9. The van der Waals surface area contributed by atoms with E-state index in [4.69, 9.17) is 4.74 Å². The summed E-state index contributed by atoms with van der Waals surface area (Å²) in [4.78, 5) is 20.5. The molecule has 98 valence electrons. The Labute approximate surface area is 107 Å². The van der Waals surface area contributed by atoms with Crippen LogP contribution in [0.5, 0.6) is 0 Å². The number of nitrogens with zero attached hydrogens (tertiary/aromatic N) is 3.